The second-order valence-corrected chi connectivity index (χ2v) is 4.22. The molecule has 1 aromatic rings. The van der Waals surface area contributed by atoms with Gasteiger partial charge >= 0.3 is 5.97 Å². The fraction of sp³-hybridized carbons (Fsp3) is 0.286. The number of carboxylic acids is 1. The molecule has 0 unspecified atom stereocenters. The SMILES string of the molecule is CC(C)=CCN(CC(=O)O)c1cccc(C#N)c1. The maximum absolute atomic E-state index is 10.9. The van der Waals surface area contributed by atoms with Crippen LogP contribution in [-0.2, 0) is 4.79 Å². The molecule has 4 heteroatoms. The number of benzene rings is 1. The molecular formula is C14H16N2O2. The normalized spacial score (nSPS) is 9.39. The predicted molar refractivity (Wildman–Crippen MR) is 70.4 cm³/mol. The minimum absolute atomic E-state index is 0.0847. The zero-order valence-corrected chi connectivity index (χ0v) is 10.6. The number of rotatable bonds is 5. The first-order valence-electron chi connectivity index (χ1n) is 5.63. The predicted octanol–water partition coefficient (Wildman–Crippen LogP) is 2.42. The van der Waals surface area contributed by atoms with E-state index in [0.29, 0.717) is 12.1 Å². The quantitative estimate of drug-likeness (QED) is 0.808. The molecule has 0 fully saturated rings. The molecule has 0 radical (unpaired) electrons. The maximum atomic E-state index is 10.9. The Labute approximate surface area is 107 Å². The van der Waals surface area contributed by atoms with E-state index in [0.717, 1.165) is 11.3 Å². The summed E-state index contributed by atoms with van der Waals surface area (Å²) in [4.78, 5) is 12.6. The molecule has 0 aromatic heterocycles. The van der Waals surface area contributed by atoms with Crippen LogP contribution in [0.2, 0.25) is 0 Å². The van der Waals surface area contributed by atoms with Crippen LogP contribution in [0.1, 0.15) is 19.4 Å². The molecule has 94 valence electrons. The summed E-state index contributed by atoms with van der Waals surface area (Å²) in [5, 5.41) is 17.8. The van der Waals surface area contributed by atoms with Crippen molar-refractivity contribution >= 4 is 11.7 Å². The van der Waals surface area contributed by atoms with E-state index in [2.05, 4.69) is 6.07 Å². The third kappa shape index (κ3) is 4.30. The average Bonchev–Trinajstić information content (AvgIpc) is 2.34. The average molecular weight is 244 g/mol. The van der Waals surface area contributed by atoms with E-state index in [1.165, 1.54) is 0 Å². The number of allylic oxidation sites excluding steroid dienone is 1. The molecule has 1 N–H and O–H groups in total. The van der Waals surface area contributed by atoms with Crippen molar-refractivity contribution in [1.82, 2.24) is 0 Å². The molecule has 0 spiro atoms. The molecule has 0 aliphatic carbocycles. The van der Waals surface area contributed by atoms with Crippen LogP contribution in [-0.4, -0.2) is 24.2 Å². The first kappa shape index (κ1) is 13.8. The minimum atomic E-state index is -0.889. The van der Waals surface area contributed by atoms with E-state index in [9.17, 15) is 4.79 Å². The molecule has 0 saturated heterocycles. The van der Waals surface area contributed by atoms with Gasteiger partial charge in [-0.25, -0.2) is 0 Å². The van der Waals surface area contributed by atoms with Gasteiger partial charge in [0.1, 0.15) is 6.54 Å². The molecule has 0 amide bonds. The second kappa shape index (κ2) is 6.45. The summed E-state index contributed by atoms with van der Waals surface area (Å²) in [6, 6.07) is 9.01. The Hall–Kier alpha value is -2.28. The van der Waals surface area contributed by atoms with Crippen molar-refractivity contribution < 1.29 is 9.90 Å². The van der Waals surface area contributed by atoms with Gasteiger partial charge in [0.25, 0.3) is 0 Å². The summed E-state index contributed by atoms with van der Waals surface area (Å²) in [5.74, 6) is -0.889. The fourth-order valence-corrected chi connectivity index (χ4v) is 1.49. The minimum Gasteiger partial charge on any atom is -0.480 e. The highest BCUT2D eigenvalue weighted by Crippen LogP contribution is 2.16. The van der Waals surface area contributed by atoms with Crippen LogP contribution in [0.5, 0.6) is 0 Å². The first-order chi connectivity index (χ1) is 8.52. The molecule has 0 bridgehead atoms. The van der Waals surface area contributed by atoms with E-state index in [4.69, 9.17) is 10.4 Å². The van der Waals surface area contributed by atoms with Crippen molar-refractivity contribution in [1.29, 1.82) is 5.26 Å². The first-order valence-corrected chi connectivity index (χ1v) is 5.63. The highest BCUT2D eigenvalue weighted by Gasteiger charge is 2.09. The topological polar surface area (TPSA) is 64.3 Å². The molecule has 0 heterocycles. The van der Waals surface area contributed by atoms with E-state index >= 15 is 0 Å². The van der Waals surface area contributed by atoms with Crippen LogP contribution in [0.3, 0.4) is 0 Å². The monoisotopic (exact) mass is 244 g/mol. The Bertz CT molecular complexity index is 497. The molecule has 0 atom stereocenters. The van der Waals surface area contributed by atoms with Gasteiger partial charge in [-0.05, 0) is 32.0 Å². The smallest absolute Gasteiger partial charge is 0.323 e. The van der Waals surface area contributed by atoms with Gasteiger partial charge in [-0.15, -0.1) is 0 Å². The lowest BCUT2D eigenvalue weighted by atomic mass is 10.2. The van der Waals surface area contributed by atoms with Crippen LogP contribution in [0.4, 0.5) is 5.69 Å². The van der Waals surface area contributed by atoms with Gasteiger partial charge in [0.05, 0.1) is 11.6 Å². The Morgan fingerprint density at radius 2 is 2.22 bits per heavy atom. The van der Waals surface area contributed by atoms with Crippen molar-refractivity contribution in [2.24, 2.45) is 0 Å². The molecule has 0 aliphatic rings. The van der Waals surface area contributed by atoms with Gasteiger partial charge in [0, 0.05) is 12.2 Å². The Morgan fingerprint density at radius 1 is 1.50 bits per heavy atom. The van der Waals surface area contributed by atoms with E-state index in [-0.39, 0.29) is 6.54 Å². The van der Waals surface area contributed by atoms with Crippen molar-refractivity contribution in [2.45, 2.75) is 13.8 Å². The third-order valence-corrected chi connectivity index (χ3v) is 2.39. The standard InChI is InChI=1S/C14H16N2O2/c1-11(2)6-7-16(10-14(17)18)13-5-3-4-12(8-13)9-15/h3-6,8H,7,10H2,1-2H3,(H,17,18). The lowest BCUT2D eigenvalue weighted by Crippen LogP contribution is -2.29. The molecule has 0 saturated carbocycles. The van der Waals surface area contributed by atoms with Gasteiger partial charge in [-0.2, -0.15) is 5.26 Å². The van der Waals surface area contributed by atoms with Gasteiger partial charge in [-0.1, -0.05) is 17.7 Å². The summed E-state index contributed by atoms with van der Waals surface area (Å²) in [6.07, 6.45) is 1.96. The van der Waals surface area contributed by atoms with Crippen LogP contribution in [0, 0.1) is 11.3 Å². The number of hydrogen-bond donors (Lipinski definition) is 1. The number of nitrogens with zero attached hydrogens (tertiary/aromatic N) is 2. The summed E-state index contributed by atoms with van der Waals surface area (Å²) < 4.78 is 0. The van der Waals surface area contributed by atoms with Crippen LogP contribution < -0.4 is 4.90 Å². The Balaban J connectivity index is 2.97. The van der Waals surface area contributed by atoms with E-state index < -0.39 is 5.97 Å². The lowest BCUT2D eigenvalue weighted by molar-refractivity contribution is -0.135. The van der Waals surface area contributed by atoms with Crippen LogP contribution >= 0.6 is 0 Å². The van der Waals surface area contributed by atoms with Crippen molar-refractivity contribution in [3.05, 3.63) is 41.5 Å². The maximum Gasteiger partial charge on any atom is 0.323 e. The molecule has 1 rings (SSSR count). The van der Waals surface area contributed by atoms with Crippen molar-refractivity contribution in [3.63, 3.8) is 0 Å². The van der Waals surface area contributed by atoms with Crippen LogP contribution in [0.15, 0.2) is 35.9 Å². The number of anilines is 1. The zero-order chi connectivity index (χ0) is 13.5. The van der Waals surface area contributed by atoms with Crippen molar-refractivity contribution in [2.75, 3.05) is 18.0 Å². The van der Waals surface area contributed by atoms with Gasteiger partial charge in [0.2, 0.25) is 0 Å². The van der Waals surface area contributed by atoms with Gasteiger partial charge in [0.15, 0.2) is 0 Å². The fourth-order valence-electron chi connectivity index (χ4n) is 1.49. The summed E-state index contributed by atoms with van der Waals surface area (Å²) in [6.45, 7) is 4.36. The van der Waals surface area contributed by atoms with Crippen LogP contribution in [0.25, 0.3) is 0 Å². The molecule has 0 aliphatic heterocycles. The third-order valence-electron chi connectivity index (χ3n) is 2.39. The van der Waals surface area contributed by atoms with Gasteiger partial charge < -0.3 is 10.0 Å². The largest absolute Gasteiger partial charge is 0.480 e. The number of hydrogen-bond acceptors (Lipinski definition) is 3. The summed E-state index contributed by atoms with van der Waals surface area (Å²) in [5.41, 5.74) is 2.40. The number of aliphatic carboxylic acids is 1. The second-order valence-electron chi connectivity index (χ2n) is 4.22. The van der Waals surface area contributed by atoms with Crippen molar-refractivity contribution in [3.8, 4) is 6.07 Å². The molecular weight excluding hydrogens is 228 g/mol. The number of carboxylic acid groups (broad SMARTS) is 1. The molecule has 18 heavy (non-hydrogen) atoms. The number of carbonyl (C=O) groups is 1. The highest BCUT2D eigenvalue weighted by atomic mass is 16.4. The Morgan fingerprint density at radius 3 is 2.78 bits per heavy atom. The Kier molecular flexibility index (Phi) is 4.94. The highest BCUT2D eigenvalue weighted by molar-refractivity contribution is 5.74. The molecule has 4 nitrogen and oxygen atoms in total. The van der Waals surface area contributed by atoms with Gasteiger partial charge in [-0.3, -0.25) is 4.79 Å². The zero-order valence-electron chi connectivity index (χ0n) is 10.6. The summed E-state index contributed by atoms with van der Waals surface area (Å²) >= 11 is 0. The summed E-state index contributed by atoms with van der Waals surface area (Å²) in [7, 11) is 0. The molecule has 1 aromatic carbocycles. The number of nitriles is 1. The van der Waals surface area contributed by atoms with E-state index in [1.54, 1.807) is 23.1 Å². The lowest BCUT2D eigenvalue weighted by Gasteiger charge is -2.21. The van der Waals surface area contributed by atoms with E-state index in [1.807, 2.05) is 26.0 Å².